The van der Waals surface area contributed by atoms with Crippen LogP contribution in [0.5, 0.6) is 0 Å². The summed E-state index contributed by atoms with van der Waals surface area (Å²) in [6, 6.07) is 8.91. The van der Waals surface area contributed by atoms with Crippen molar-refractivity contribution in [1.29, 1.82) is 0 Å². The molecule has 2 rings (SSSR count). The molecule has 0 saturated heterocycles. The molecule has 1 saturated carbocycles. The third kappa shape index (κ3) is 2.80. The molecule has 2 unspecified atom stereocenters. The fourth-order valence-corrected chi connectivity index (χ4v) is 3.73. The van der Waals surface area contributed by atoms with Crippen LogP contribution in [0.3, 0.4) is 0 Å². The average Bonchev–Trinajstić information content (AvgIpc) is 2.72. The van der Waals surface area contributed by atoms with E-state index in [-0.39, 0.29) is 0 Å². The molecule has 1 aliphatic rings. The summed E-state index contributed by atoms with van der Waals surface area (Å²) in [6.07, 6.45) is 5.26. The standard InChI is InChI=1S/C16H24BrN/c1-3-10-18-12-16(9-5-6-13(16)2)14-7-4-8-15(17)11-14/h4,7-8,11,13,18H,3,5-6,9-10,12H2,1-2H3. The van der Waals surface area contributed by atoms with Gasteiger partial charge in [-0.25, -0.2) is 0 Å². The van der Waals surface area contributed by atoms with E-state index < -0.39 is 0 Å². The molecule has 0 bridgehead atoms. The second-order valence-corrected chi connectivity index (χ2v) is 6.55. The first kappa shape index (κ1) is 14.1. The van der Waals surface area contributed by atoms with E-state index in [4.69, 9.17) is 0 Å². The van der Waals surface area contributed by atoms with E-state index in [2.05, 4.69) is 59.4 Å². The van der Waals surface area contributed by atoms with Gasteiger partial charge in [-0.3, -0.25) is 0 Å². The van der Waals surface area contributed by atoms with Crippen molar-refractivity contribution in [2.75, 3.05) is 13.1 Å². The van der Waals surface area contributed by atoms with E-state index >= 15 is 0 Å². The highest BCUT2D eigenvalue weighted by atomic mass is 79.9. The van der Waals surface area contributed by atoms with Crippen molar-refractivity contribution in [1.82, 2.24) is 5.32 Å². The Morgan fingerprint density at radius 2 is 2.28 bits per heavy atom. The lowest BCUT2D eigenvalue weighted by molar-refractivity contribution is 0.318. The van der Waals surface area contributed by atoms with Crippen LogP contribution in [0, 0.1) is 5.92 Å². The van der Waals surface area contributed by atoms with Gasteiger partial charge in [0.25, 0.3) is 0 Å². The maximum Gasteiger partial charge on any atom is 0.0178 e. The molecule has 0 heterocycles. The van der Waals surface area contributed by atoms with E-state index in [1.807, 2.05) is 0 Å². The van der Waals surface area contributed by atoms with Gasteiger partial charge in [-0.15, -0.1) is 0 Å². The first-order chi connectivity index (χ1) is 8.69. The van der Waals surface area contributed by atoms with Crippen LogP contribution in [0.15, 0.2) is 28.7 Å². The zero-order chi connectivity index (χ0) is 13.0. The molecular weight excluding hydrogens is 286 g/mol. The second-order valence-electron chi connectivity index (χ2n) is 5.64. The number of nitrogens with one attached hydrogen (secondary N) is 1. The molecule has 1 nitrogen and oxygen atoms in total. The predicted molar refractivity (Wildman–Crippen MR) is 82.0 cm³/mol. The Morgan fingerprint density at radius 3 is 2.89 bits per heavy atom. The molecule has 100 valence electrons. The molecule has 1 aromatic carbocycles. The minimum Gasteiger partial charge on any atom is -0.316 e. The maximum absolute atomic E-state index is 3.65. The fraction of sp³-hybridized carbons (Fsp3) is 0.625. The molecule has 0 aromatic heterocycles. The van der Waals surface area contributed by atoms with E-state index in [1.165, 1.54) is 35.7 Å². The zero-order valence-electron chi connectivity index (χ0n) is 11.5. The summed E-state index contributed by atoms with van der Waals surface area (Å²) >= 11 is 3.61. The fourth-order valence-electron chi connectivity index (χ4n) is 3.33. The lowest BCUT2D eigenvalue weighted by Gasteiger charge is -2.35. The van der Waals surface area contributed by atoms with Crippen LogP contribution >= 0.6 is 15.9 Å². The smallest absolute Gasteiger partial charge is 0.0178 e. The third-order valence-electron chi connectivity index (χ3n) is 4.47. The molecule has 0 radical (unpaired) electrons. The zero-order valence-corrected chi connectivity index (χ0v) is 13.1. The highest BCUT2D eigenvalue weighted by Gasteiger charge is 2.41. The molecule has 1 aliphatic carbocycles. The number of benzene rings is 1. The van der Waals surface area contributed by atoms with Crippen LogP contribution < -0.4 is 5.32 Å². The highest BCUT2D eigenvalue weighted by molar-refractivity contribution is 9.10. The van der Waals surface area contributed by atoms with Crippen molar-refractivity contribution in [2.24, 2.45) is 5.92 Å². The van der Waals surface area contributed by atoms with Crippen LogP contribution in [0.4, 0.5) is 0 Å². The van der Waals surface area contributed by atoms with Crippen molar-refractivity contribution in [2.45, 2.75) is 44.9 Å². The van der Waals surface area contributed by atoms with Gasteiger partial charge in [-0.2, -0.15) is 0 Å². The average molecular weight is 310 g/mol. The Hall–Kier alpha value is -0.340. The summed E-state index contributed by atoms with van der Waals surface area (Å²) in [4.78, 5) is 0. The van der Waals surface area contributed by atoms with Gasteiger partial charge < -0.3 is 5.32 Å². The van der Waals surface area contributed by atoms with E-state index in [9.17, 15) is 0 Å². The lowest BCUT2D eigenvalue weighted by Crippen LogP contribution is -2.40. The quantitative estimate of drug-likeness (QED) is 0.789. The second kappa shape index (κ2) is 6.21. The monoisotopic (exact) mass is 309 g/mol. The van der Waals surface area contributed by atoms with Gasteiger partial charge in [0.2, 0.25) is 0 Å². The van der Waals surface area contributed by atoms with Gasteiger partial charge in [-0.05, 0) is 49.4 Å². The Labute approximate surface area is 119 Å². The summed E-state index contributed by atoms with van der Waals surface area (Å²) in [5, 5.41) is 3.65. The third-order valence-corrected chi connectivity index (χ3v) is 4.96. The van der Waals surface area contributed by atoms with Gasteiger partial charge in [0, 0.05) is 16.4 Å². The summed E-state index contributed by atoms with van der Waals surface area (Å²) < 4.78 is 1.20. The van der Waals surface area contributed by atoms with Gasteiger partial charge in [0.15, 0.2) is 0 Å². The Balaban J connectivity index is 2.24. The molecule has 0 spiro atoms. The molecule has 2 heteroatoms. The normalized spacial score (nSPS) is 27.6. The molecular formula is C16H24BrN. The van der Waals surface area contributed by atoms with Crippen molar-refractivity contribution in [3.63, 3.8) is 0 Å². The SMILES string of the molecule is CCCNCC1(c2cccc(Br)c2)CCCC1C. The number of hydrogen-bond acceptors (Lipinski definition) is 1. The highest BCUT2D eigenvalue weighted by Crippen LogP contribution is 2.45. The molecule has 1 aromatic rings. The van der Waals surface area contributed by atoms with Crippen LogP contribution in [-0.4, -0.2) is 13.1 Å². The molecule has 0 aliphatic heterocycles. The summed E-state index contributed by atoms with van der Waals surface area (Å²) in [6.45, 7) is 6.90. The Morgan fingerprint density at radius 1 is 1.44 bits per heavy atom. The molecule has 2 atom stereocenters. The van der Waals surface area contributed by atoms with Crippen molar-refractivity contribution in [3.05, 3.63) is 34.3 Å². The predicted octanol–water partition coefficient (Wildman–Crippen LogP) is 4.51. The van der Waals surface area contributed by atoms with Crippen LogP contribution in [0.25, 0.3) is 0 Å². The van der Waals surface area contributed by atoms with Gasteiger partial charge in [0.1, 0.15) is 0 Å². The molecule has 1 fully saturated rings. The van der Waals surface area contributed by atoms with Gasteiger partial charge in [-0.1, -0.05) is 48.3 Å². The first-order valence-electron chi connectivity index (χ1n) is 7.16. The minimum atomic E-state index is 0.346. The largest absolute Gasteiger partial charge is 0.316 e. The molecule has 18 heavy (non-hydrogen) atoms. The summed E-state index contributed by atoms with van der Waals surface area (Å²) in [7, 11) is 0. The molecule has 1 N–H and O–H groups in total. The number of rotatable bonds is 5. The maximum atomic E-state index is 3.65. The van der Waals surface area contributed by atoms with Crippen LogP contribution in [-0.2, 0) is 5.41 Å². The minimum absolute atomic E-state index is 0.346. The number of halogens is 1. The van der Waals surface area contributed by atoms with Gasteiger partial charge >= 0.3 is 0 Å². The topological polar surface area (TPSA) is 12.0 Å². The Bertz CT molecular complexity index is 390. The number of hydrogen-bond donors (Lipinski definition) is 1. The summed E-state index contributed by atoms with van der Waals surface area (Å²) in [5.74, 6) is 0.774. The van der Waals surface area contributed by atoms with E-state index in [1.54, 1.807) is 0 Å². The first-order valence-corrected chi connectivity index (χ1v) is 7.95. The lowest BCUT2D eigenvalue weighted by atomic mass is 9.73. The van der Waals surface area contributed by atoms with Crippen LogP contribution in [0.1, 0.15) is 45.1 Å². The van der Waals surface area contributed by atoms with E-state index in [0.717, 1.165) is 19.0 Å². The van der Waals surface area contributed by atoms with Gasteiger partial charge in [0.05, 0.1) is 0 Å². The van der Waals surface area contributed by atoms with Crippen molar-refractivity contribution >= 4 is 15.9 Å². The van der Waals surface area contributed by atoms with E-state index in [0.29, 0.717) is 5.41 Å². The Kier molecular flexibility index (Phi) is 4.85. The molecule has 0 amide bonds. The van der Waals surface area contributed by atoms with Crippen molar-refractivity contribution in [3.8, 4) is 0 Å². The van der Waals surface area contributed by atoms with Crippen molar-refractivity contribution < 1.29 is 0 Å². The summed E-state index contributed by atoms with van der Waals surface area (Å²) in [5.41, 5.74) is 1.85. The van der Waals surface area contributed by atoms with Crippen LogP contribution in [0.2, 0.25) is 0 Å².